The van der Waals surface area contributed by atoms with Crippen molar-refractivity contribution in [3.05, 3.63) is 28.2 Å². The molecule has 1 atom stereocenters. The van der Waals surface area contributed by atoms with Crippen molar-refractivity contribution in [2.24, 2.45) is 17.6 Å². The highest BCUT2D eigenvalue weighted by atomic mass is 79.9. The lowest BCUT2D eigenvalue weighted by Gasteiger charge is -2.18. The van der Waals surface area contributed by atoms with Gasteiger partial charge in [0.1, 0.15) is 0 Å². The number of hydrogen-bond acceptors (Lipinski definition) is 3. The Bertz CT molecular complexity index is 489. The van der Waals surface area contributed by atoms with Crippen LogP contribution in [0.2, 0.25) is 0 Å². The van der Waals surface area contributed by atoms with E-state index in [1.807, 2.05) is 13.8 Å². The van der Waals surface area contributed by atoms with Gasteiger partial charge in [0.25, 0.3) is 5.91 Å². The van der Waals surface area contributed by atoms with Crippen LogP contribution in [0.1, 0.15) is 24.2 Å². The zero-order valence-electron chi connectivity index (χ0n) is 10.8. The van der Waals surface area contributed by atoms with Gasteiger partial charge in [0.15, 0.2) is 0 Å². The SMILES string of the molecule is CC(C)C(CNc1cccc(Br)c1C(N)=O)C(=O)O. The zero-order chi connectivity index (χ0) is 14.6. The van der Waals surface area contributed by atoms with E-state index in [4.69, 9.17) is 10.8 Å². The number of nitrogens with two attached hydrogens (primary N) is 1. The third-order valence-electron chi connectivity index (χ3n) is 2.89. The predicted octanol–water partition coefficient (Wildman–Crippen LogP) is 2.32. The van der Waals surface area contributed by atoms with Gasteiger partial charge in [0.2, 0.25) is 0 Å². The molecule has 1 aromatic rings. The van der Waals surface area contributed by atoms with Gasteiger partial charge in [0.05, 0.1) is 11.5 Å². The Morgan fingerprint density at radius 2 is 2.05 bits per heavy atom. The van der Waals surface area contributed by atoms with Crippen LogP contribution in [0.4, 0.5) is 5.69 Å². The number of halogens is 1. The number of carboxylic acids is 1. The third kappa shape index (κ3) is 3.96. The molecule has 19 heavy (non-hydrogen) atoms. The molecule has 104 valence electrons. The van der Waals surface area contributed by atoms with Crippen LogP contribution in [0.3, 0.4) is 0 Å². The predicted molar refractivity (Wildman–Crippen MR) is 77.1 cm³/mol. The van der Waals surface area contributed by atoms with Crippen molar-refractivity contribution in [1.29, 1.82) is 0 Å². The molecule has 4 N–H and O–H groups in total. The van der Waals surface area contributed by atoms with Gasteiger partial charge in [-0.05, 0) is 34.0 Å². The van der Waals surface area contributed by atoms with Crippen molar-refractivity contribution in [2.45, 2.75) is 13.8 Å². The second-order valence-electron chi connectivity index (χ2n) is 4.60. The van der Waals surface area contributed by atoms with E-state index in [0.29, 0.717) is 15.7 Å². The molecule has 1 aromatic carbocycles. The highest BCUT2D eigenvalue weighted by Crippen LogP contribution is 2.25. The number of hydrogen-bond donors (Lipinski definition) is 3. The number of benzene rings is 1. The maximum Gasteiger partial charge on any atom is 0.308 e. The molecule has 0 aromatic heterocycles. The minimum absolute atomic E-state index is 0.00539. The van der Waals surface area contributed by atoms with Crippen molar-refractivity contribution < 1.29 is 14.7 Å². The molecular weight excluding hydrogens is 312 g/mol. The number of amides is 1. The van der Waals surface area contributed by atoms with E-state index < -0.39 is 17.8 Å². The molecule has 5 nitrogen and oxygen atoms in total. The fourth-order valence-corrected chi connectivity index (χ4v) is 2.31. The molecule has 1 unspecified atom stereocenters. The van der Waals surface area contributed by atoms with Crippen molar-refractivity contribution >= 4 is 33.5 Å². The lowest BCUT2D eigenvalue weighted by Crippen LogP contribution is -2.28. The summed E-state index contributed by atoms with van der Waals surface area (Å²) in [6, 6.07) is 5.16. The molecule has 1 amide bonds. The fraction of sp³-hybridized carbons (Fsp3) is 0.385. The number of carbonyl (C=O) groups is 2. The van der Waals surface area contributed by atoms with E-state index in [1.54, 1.807) is 18.2 Å². The van der Waals surface area contributed by atoms with Crippen molar-refractivity contribution in [2.75, 3.05) is 11.9 Å². The van der Waals surface area contributed by atoms with E-state index in [2.05, 4.69) is 21.2 Å². The number of primary amides is 1. The Balaban J connectivity index is 2.91. The first-order valence-corrected chi connectivity index (χ1v) is 6.69. The van der Waals surface area contributed by atoms with Crippen LogP contribution in [0.15, 0.2) is 22.7 Å². The average Bonchev–Trinajstić information content (AvgIpc) is 2.27. The standard InChI is InChI=1S/C13H17BrN2O3/c1-7(2)8(13(18)19)6-16-10-5-3-4-9(14)11(10)12(15)17/h3-5,7-8,16H,6H2,1-2H3,(H2,15,17)(H,18,19). The molecule has 1 rings (SSSR count). The Labute approximate surface area is 120 Å². The van der Waals surface area contributed by atoms with Crippen LogP contribution < -0.4 is 11.1 Å². The lowest BCUT2D eigenvalue weighted by molar-refractivity contribution is -0.142. The first-order chi connectivity index (χ1) is 8.84. The first kappa shape index (κ1) is 15.5. The Morgan fingerprint density at radius 3 is 2.53 bits per heavy atom. The molecule has 0 spiro atoms. The summed E-state index contributed by atoms with van der Waals surface area (Å²) in [7, 11) is 0. The molecule has 0 saturated heterocycles. The quantitative estimate of drug-likeness (QED) is 0.747. The van der Waals surface area contributed by atoms with Crippen LogP contribution in [-0.4, -0.2) is 23.5 Å². The van der Waals surface area contributed by atoms with Crippen LogP contribution in [0, 0.1) is 11.8 Å². The molecule has 0 bridgehead atoms. The number of nitrogens with one attached hydrogen (secondary N) is 1. The summed E-state index contributed by atoms with van der Waals surface area (Å²) in [4.78, 5) is 22.5. The highest BCUT2D eigenvalue weighted by molar-refractivity contribution is 9.10. The number of anilines is 1. The summed E-state index contributed by atoms with van der Waals surface area (Å²) in [6.07, 6.45) is 0. The molecule has 0 radical (unpaired) electrons. The molecule has 0 saturated carbocycles. The molecule has 0 fully saturated rings. The van der Waals surface area contributed by atoms with E-state index in [-0.39, 0.29) is 12.5 Å². The van der Waals surface area contributed by atoms with Gasteiger partial charge in [0, 0.05) is 16.7 Å². The first-order valence-electron chi connectivity index (χ1n) is 5.89. The number of rotatable bonds is 6. The van der Waals surface area contributed by atoms with Crippen LogP contribution in [0.5, 0.6) is 0 Å². The van der Waals surface area contributed by atoms with Crippen molar-refractivity contribution in [3.8, 4) is 0 Å². The summed E-state index contributed by atoms with van der Waals surface area (Å²) >= 11 is 3.26. The van der Waals surface area contributed by atoms with Crippen LogP contribution in [0.25, 0.3) is 0 Å². The smallest absolute Gasteiger partial charge is 0.308 e. The van der Waals surface area contributed by atoms with Gasteiger partial charge < -0.3 is 16.2 Å². The van der Waals surface area contributed by atoms with E-state index in [9.17, 15) is 9.59 Å². The second kappa shape index (κ2) is 6.56. The minimum Gasteiger partial charge on any atom is -0.481 e. The van der Waals surface area contributed by atoms with Crippen LogP contribution in [-0.2, 0) is 4.79 Å². The van der Waals surface area contributed by atoms with Gasteiger partial charge in [-0.3, -0.25) is 9.59 Å². The largest absolute Gasteiger partial charge is 0.481 e. The molecule has 0 aliphatic rings. The molecule has 0 aliphatic carbocycles. The van der Waals surface area contributed by atoms with Gasteiger partial charge in [-0.15, -0.1) is 0 Å². The summed E-state index contributed by atoms with van der Waals surface area (Å²) in [6.45, 7) is 3.93. The average molecular weight is 329 g/mol. The van der Waals surface area contributed by atoms with Crippen molar-refractivity contribution in [1.82, 2.24) is 0 Å². The molecule has 0 heterocycles. The number of aliphatic carboxylic acids is 1. The molecule has 6 heteroatoms. The highest BCUT2D eigenvalue weighted by Gasteiger charge is 2.22. The topological polar surface area (TPSA) is 92.4 Å². The van der Waals surface area contributed by atoms with E-state index >= 15 is 0 Å². The summed E-state index contributed by atoms with van der Waals surface area (Å²) in [5, 5.41) is 12.1. The van der Waals surface area contributed by atoms with E-state index in [0.717, 1.165) is 0 Å². The second-order valence-corrected chi connectivity index (χ2v) is 5.45. The molecule has 0 aliphatic heterocycles. The Hall–Kier alpha value is -1.56. The number of carbonyl (C=O) groups excluding carboxylic acids is 1. The Morgan fingerprint density at radius 1 is 1.42 bits per heavy atom. The van der Waals surface area contributed by atoms with Crippen LogP contribution >= 0.6 is 15.9 Å². The lowest BCUT2D eigenvalue weighted by atomic mass is 9.96. The van der Waals surface area contributed by atoms with Crippen molar-refractivity contribution in [3.63, 3.8) is 0 Å². The zero-order valence-corrected chi connectivity index (χ0v) is 12.4. The maximum atomic E-state index is 11.4. The van der Waals surface area contributed by atoms with Gasteiger partial charge >= 0.3 is 5.97 Å². The van der Waals surface area contributed by atoms with Gasteiger partial charge in [-0.25, -0.2) is 0 Å². The summed E-state index contributed by atoms with van der Waals surface area (Å²) in [5.74, 6) is -1.96. The summed E-state index contributed by atoms with van der Waals surface area (Å²) in [5.41, 5.74) is 6.18. The normalized spacial score (nSPS) is 12.2. The maximum absolute atomic E-state index is 11.4. The fourth-order valence-electron chi connectivity index (χ4n) is 1.75. The third-order valence-corrected chi connectivity index (χ3v) is 3.56. The molecular formula is C13H17BrN2O3. The summed E-state index contributed by atoms with van der Waals surface area (Å²) < 4.78 is 0.585. The van der Waals surface area contributed by atoms with Gasteiger partial charge in [-0.2, -0.15) is 0 Å². The minimum atomic E-state index is -0.863. The monoisotopic (exact) mass is 328 g/mol. The van der Waals surface area contributed by atoms with Gasteiger partial charge in [-0.1, -0.05) is 19.9 Å². The van der Waals surface area contributed by atoms with E-state index in [1.165, 1.54) is 0 Å². The number of carboxylic acid groups (broad SMARTS) is 1. The Kier molecular flexibility index (Phi) is 5.35.